The maximum absolute atomic E-state index is 13.2. The summed E-state index contributed by atoms with van der Waals surface area (Å²) in [5.74, 6) is 0.0260. The van der Waals surface area contributed by atoms with Gasteiger partial charge in [0.05, 0.1) is 17.2 Å². The van der Waals surface area contributed by atoms with Crippen molar-refractivity contribution in [3.05, 3.63) is 112 Å². The standard InChI is InChI=1S/C35H33N3O5/c1-2-8-29(36-23-9-4-3-5-10-23)32-25-11-6-7-12-30(25)43-31(32)20-27-26-19-24(17-18-28(26)38-34(27)40)37-33(39)21-13-15-22(16-14-21)35(41)42/h3-5,9-10,13-20,29,36H,2,6-8,11-12H2,1H3,(H,37,39)(H,38,40)(H,41,42). The van der Waals surface area contributed by atoms with Crippen LogP contribution in [0.5, 0.6) is 0 Å². The second kappa shape index (κ2) is 12.0. The fraction of sp³-hybridized carbons (Fsp3) is 0.229. The van der Waals surface area contributed by atoms with E-state index in [1.807, 2.05) is 24.3 Å². The summed E-state index contributed by atoms with van der Waals surface area (Å²) in [6, 6.07) is 21.2. The zero-order valence-corrected chi connectivity index (χ0v) is 23.9. The van der Waals surface area contributed by atoms with Crippen molar-refractivity contribution in [3.63, 3.8) is 0 Å². The lowest BCUT2D eigenvalue weighted by Crippen LogP contribution is -2.14. The largest absolute Gasteiger partial charge is 0.478 e. The van der Waals surface area contributed by atoms with Gasteiger partial charge in [-0.2, -0.15) is 0 Å². The van der Waals surface area contributed by atoms with Crippen LogP contribution >= 0.6 is 0 Å². The molecule has 4 aromatic rings. The molecule has 0 bridgehead atoms. The van der Waals surface area contributed by atoms with Crippen LogP contribution in [0.4, 0.5) is 17.1 Å². The number of rotatable bonds is 9. The Balaban J connectivity index is 1.34. The Morgan fingerprint density at radius 3 is 2.47 bits per heavy atom. The van der Waals surface area contributed by atoms with Crippen molar-refractivity contribution >= 4 is 46.5 Å². The van der Waals surface area contributed by atoms with Crippen LogP contribution < -0.4 is 16.0 Å². The van der Waals surface area contributed by atoms with Gasteiger partial charge in [0, 0.05) is 40.2 Å². The molecular formula is C35H33N3O5. The van der Waals surface area contributed by atoms with Crippen LogP contribution in [0.3, 0.4) is 0 Å². The molecule has 0 saturated carbocycles. The van der Waals surface area contributed by atoms with Crippen LogP contribution in [0.1, 0.15) is 87.6 Å². The summed E-state index contributed by atoms with van der Waals surface area (Å²) >= 11 is 0. The molecule has 0 saturated heterocycles. The monoisotopic (exact) mass is 575 g/mol. The molecule has 3 aromatic carbocycles. The number of aromatic carboxylic acids is 1. The number of benzene rings is 3. The van der Waals surface area contributed by atoms with E-state index in [0.717, 1.165) is 55.5 Å². The van der Waals surface area contributed by atoms with Gasteiger partial charge in [-0.1, -0.05) is 31.5 Å². The summed E-state index contributed by atoms with van der Waals surface area (Å²) in [5, 5.41) is 18.6. The molecule has 4 N–H and O–H groups in total. The molecule has 0 spiro atoms. The molecular weight excluding hydrogens is 542 g/mol. The number of carbonyl (C=O) groups excluding carboxylic acids is 2. The van der Waals surface area contributed by atoms with Crippen LogP contribution in [0, 0.1) is 0 Å². The van der Waals surface area contributed by atoms with Crippen LogP contribution in [-0.4, -0.2) is 22.9 Å². The number of hydrogen-bond donors (Lipinski definition) is 4. The first-order valence-corrected chi connectivity index (χ1v) is 14.7. The Bertz CT molecular complexity index is 1720. The van der Waals surface area contributed by atoms with Gasteiger partial charge >= 0.3 is 5.97 Å². The number of carbonyl (C=O) groups is 3. The van der Waals surface area contributed by atoms with E-state index in [4.69, 9.17) is 9.52 Å². The Morgan fingerprint density at radius 1 is 0.977 bits per heavy atom. The molecule has 8 nitrogen and oxygen atoms in total. The molecule has 2 aliphatic rings. The van der Waals surface area contributed by atoms with Crippen LogP contribution in [-0.2, 0) is 17.6 Å². The Kier molecular flexibility index (Phi) is 7.83. The van der Waals surface area contributed by atoms with Gasteiger partial charge in [-0.25, -0.2) is 4.79 Å². The lowest BCUT2D eigenvalue weighted by atomic mass is 9.89. The fourth-order valence-electron chi connectivity index (χ4n) is 5.92. The highest BCUT2D eigenvalue weighted by Crippen LogP contribution is 2.41. The van der Waals surface area contributed by atoms with E-state index in [2.05, 4.69) is 35.0 Å². The molecule has 8 heteroatoms. The lowest BCUT2D eigenvalue weighted by Gasteiger charge is -2.22. The molecule has 218 valence electrons. The molecule has 1 aromatic heterocycles. The van der Waals surface area contributed by atoms with Gasteiger partial charge in [-0.3, -0.25) is 9.59 Å². The SMILES string of the molecule is CCCC(Nc1ccccc1)c1c(C=C2C(=O)Nc3ccc(NC(=O)c4ccc(C(=O)O)cc4)cc32)oc2c1CCCC2. The summed E-state index contributed by atoms with van der Waals surface area (Å²) < 4.78 is 6.50. The zero-order valence-electron chi connectivity index (χ0n) is 23.9. The van der Waals surface area contributed by atoms with E-state index in [1.165, 1.54) is 29.8 Å². The van der Waals surface area contributed by atoms with Gasteiger partial charge in [-0.15, -0.1) is 0 Å². The number of fused-ring (bicyclic) bond motifs is 2. The fourth-order valence-corrected chi connectivity index (χ4v) is 5.92. The number of anilines is 3. The maximum Gasteiger partial charge on any atom is 0.335 e. The third-order valence-electron chi connectivity index (χ3n) is 8.01. The molecule has 0 radical (unpaired) electrons. The van der Waals surface area contributed by atoms with Gasteiger partial charge in [-0.05, 0) is 91.9 Å². The Morgan fingerprint density at radius 2 is 1.72 bits per heavy atom. The molecule has 1 aliphatic heterocycles. The molecule has 6 rings (SSSR count). The van der Waals surface area contributed by atoms with Crippen LogP contribution in [0.15, 0.2) is 77.2 Å². The van der Waals surface area contributed by atoms with Crippen molar-refractivity contribution in [1.82, 2.24) is 0 Å². The summed E-state index contributed by atoms with van der Waals surface area (Å²) in [6.07, 6.45) is 7.73. The van der Waals surface area contributed by atoms with Gasteiger partial charge in [0.25, 0.3) is 11.8 Å². The zero-order chi connectivity index (χ0) is 29.9. The molecule has 43 heavy (non-hydrogen) atoms. The van der Waals surface area contributed by atoms with E-state index < -0.39 is 5.97 Å². The number of para-hydroxylation sites is 1. The van der Waals surface area contributed by atoms with Gasteiger partial charge in [0.2, 0.25) is 0 Å². The number of aryl methyl sites for hydroxylation is 1. The van der Waals surface area contributed by atoms with E-state index in [0.29, 0.717) is 33.8 Å². The number of furan rings is 1. The molecule has 2 heterocycles. The summed E-state index contributed by atoms with van der Waals surface area (Å²) in [7, 11) is 0. The Hall–Kier alpha value is -5.11. The average molecular weight is 576 g/mol. The highest BCUT2D eigenvalue weighted by molar-refractivity contribution is 6.35. The first-order chi connectivity index (χ1) is 20.9. The number of nitrogens with one attached hydrogen (secondary N) is 3. The minimum absolute atomic E-state index is 0.0203. The van der Waals surface area contributed by atoms with Gasteiger partial charge < -0.3 is 25.5 Å². The first kappa shape index (κ1) is 28.0. The van der Waals surface area contributed by atoms with Gasteiger partial charge in [0.1, 0.15) is 11.5 Å². The Labute approximate surface area is 249 Å². The molecule has 1 unspecified atom stereocenters. The van der Waals surface area contributed by atoms with E-state index >= 15 is 0 Å². The number of carboxylic acids is 1. The normalized spacial score (nSPS) is 15.4. The van der Waals surface area contributed by atoms with Crippen LogP contribution in [0.25, 0.3) is 11.6 Å². The van der Waals surface area contributed by atoms with Crippen molar-refractivity contribution < 1.29 is 23.9 Å². The highest BCUT2D eigenvalue weighted by Gasteiger charge is 2.30. The van der Waals surface area contributed by atoms with E-state index in [1.54, 1.807) is 18.2 Å². The highest BCUT2D eigenvalue weighted by atomic mass is 16.4. The molecule has 0 fully saturated rings. The van der Waals surface area contributed by atoms with Crippen molar-refractivity contribution in [2.75, 3.05) is 16.0 Å². The van der Waals surface area contributed by atoms with Crippen molar-refractivity contribution in [2.45, 2.75) is 51.5 Å². The van der Waals surface area contributed by atoms with Gasteiger partial charge in [0.15, 0.2) is 0 Å². The van der Waals surface area contributed by atoms with Crippen molar-refractivity contribution in [3.8, 4) is 0 Å². The predicted octanol–water partition coefficient (Wildman–Crippen LogP) is 7.55. The molecule has 1 atom stereocenters. The number of hydrogen-bond acceptors (Lipinski definition) is 5. The maximum atomic E-state index is 13.2. The second-order valence-electron chi connectivity index (χ2n) is 10.9. The third-order valence-corrected chi connectivity index (χ3v) is 8.01. The number of amides is 2. The van der Waals surface area contributed by atoms with Crippen molar-refractivity contribution in [1.29, 1.82) is 0 Å². The average Bonchev–Trinajstić information content (AvgIpc) is 3.54. The van der Waals surface area contributed by atoms with Crippen LogP contribution in [0.2, 0.25) is 0 Å². The third kappa shape index (κ3) is 5.81. The summed E-state index contributed by atoms with van der Waals surface area (Å²) in [6.45, 7) is 2.17. The number of carboxylic acid groups (broad SMARTS) is 1. The topological polar surface area (TPSA) is 121 Å². The van der Waals surface area contributed by atoms with Crippen molar-refractivity contribution in [2.24, 2.45) is 0 Å². The lowest BCUT2D eigenvalue weighted by molar-refractivity contribution is -0.110. The van der Waals surface area contributed by atoms with E-state index in [-0.39, 0.29) is 23.4 Å². The molecule has 2 amide bonds. The summed E-state index contributed by atoms with van der Waals surface area (Å²) in [4.78, 5) is 37.3. The summed E-state index contributed by atoms with van der Waals surface area (Å²) in [5.41, 5.74) is 6.14. The minimum atomic E-state index is -1.06. The minimum Gasteiger partial charge on any atom is -0.478 e. The predicted molar refractivity (Wildman–Crippen MR) is 167 cm³/mol. The smallest absolute Gasteiger partial charge is 0.335 e. The first-order valence-electron chi connectivity index (χ1n) is 14.7. The quantitative estimate of drug-likeness (QED) is 0.153. The molecule has 1 aliphatic carbocycles. The second-order valence-corrected chi connectivity index (χ2v) is 10.9. The van der Waals surface area contributed by atoms with E-state index in [9.17, 15) is 14.4 Å².